The molecule has 47 heavy (non-hydrogen) atoms. The Bertz CT molecular complexity index is 1550. The minimum atomic E-state index is -2.37. The van der Waals surface area contributed by atoms with Crippen LogP contribution >= 0.6 is 23.2 Å². The van der Waals surface area contributed by atoms with Crippen molar-refractivity contribution in [3.05, 3.63) is 86.4 Å². The summed E-state index contributed by atoms with van der Waals surface area (Å²) in [5.74, 6) is -2.38. The lowest BCUT2D eigenvalue weighted by Gasteiger charge is -2.37. The second-order valence-corrected chi connectivity index (χ2v) is 18.6. The number of nitrogens with zero attached hydrogens (tertiary/aromatic N) is 3. The minimum absolute atomic E-state index is 0.0212. The number of amides is 1. The summed E-state index contributed by atoms with van der Waals surface area (Å²) in [5, 5.41) is 4.73. The van der Waals surface area contributed by atoms with Crippen LogP contribution in [0.1, 0.15) is 99.6 Å². The maximum atomic E-state index is 14.5. The second-order valence-electron chi connectivity index (χ2n) is 13.0. The minimum Gasteiger partial charge on any atom is -0.408 e. The van der Waals surface area contributed by atoms with Crippen molar-refractivity contribution in [1.82, 2.24) is 14.7 Å². The number of hydrogen-bond donors (Lipinski definition) is 0. The van der Waals surface area contributed by atoms with E-state index in [1.807, 2.05) is 18.5 Å². The lowest BCUT2D eigenvalue weighted by molar-refractivity contribution is -0.127. The zero-order valence-electron chi connectivity index (χ0n) is 27.9. The molecule has 1 amide bonds. The topological polar surface area (TPSA) is 64.4 Å². The van der Waals surface area contributed by atoms with Crippen molar-refractivity contribution in [1.29, 1.82) is 0 Å². The lowest BCUT2D eigenvalue weighted by Crippen LogP contribution is -2.42. The molecule has 0 aliphatic heterocycles. The van der Waals surface area contributed by atoms with E-state index in [0.29, 0.717) is 16.8 Å². The molecule has 1 atom stereocenters. The van der Waals surface area contributed by atoms with Crippen LogP contribution in [-0.4, -0.2) is 41.2 Å². The average molecular weight is 711 g/mol. The third-order valence-corrected chi connectivity index (χ3v) is 15.5. The predicted octanol–water partition coefficient (Wildman–Crippen LogP) is 10.0. The molecule has 4 rings (SSSR count). The van der Waals surface area contributed by atoms with Crippen molar-refractivity contribution in [2.24, 2.45) is 5.41 Å². The zero-order valence-corrected chi connectivity index (χ0v) is 30.5. The summed E-state index contributed by atoms with van der Waals surface area (Å²) < 4.78 is 51.7. The number of hydrogen-bond acceptors (Lipinski definition) is 4. The van der Waals surface area contributed by atoms with Gasteiger partial charge >= 0.3 is 0 Å². The molecule has 6 nitrogen and oxygen atoms in total. The Labute approximate surface area is 286 Å². The van der Waals surface area contributed by atoms with Crippen LogP contribution in [0, 0.1) is 29.8 Å². The van der Waals surface area contributed by atoms with E-state index in [9.17, 15) is 22.8 Å². The summed E-state index contributed by atoms with van der Waals surface area (Å²) in [6.07, 6.45) is 3.61. The molecule has 0 saturated heterocycles. The Morgan fingerprint density at radius 2 is 1.53 bits per heavy atom. The molecule has 1 fully saturated rings. The van der Waals surface area contributed by atoms with Gasteiger partial charge in [0, 0.05) is 29.3 Å². The number of halogens is 5. The Morgan fingerprint density at radius 3 is 2.04 bits per heavy atom. The molecule has 1 heterocycles. The van der Waals surface area contributed by atoms with Crippen LogP contribution in [-0.2, 0) is 15.8 Å². The zero-order chi connectivity index (χ0) is 34.7. The molecule has 0 spiro atoms. The Kier molecular flexibility index (Phi) is 12.1. The second kappa shape index (κ2) is 15.3. The van der Waals surface area contributed by atoms with Gasteiger partial charge in [-0.1, -0.05) is 50.9 Å². The highest BCUT2D eigenvalue weighted by Crippen LogP contribution is 2.42. The summed E-state index contributed by atoms with van der Waals surface area (Å²) >= 11 is 13.2. The number of carbonyl (C=O) groups is 2. The SMILES string of the molecule is CC[Si](CC)(CC)OC(CN(Cc1cc(F)cc(F)c1)C(=O)c1cnn([C@H]2CC[C@](C)(C(C)=O)CC2)c1C)c1c(Cl)cc(F)cc1Cl. The van der Waals surface area contributed by atoms with Crippen LogP contribution in [0.2, 0.25) is 28.2 Å². The number of ketones is 1. The van der Waals surface area contributed by atoms with Gasteiger partial charge in [0.25, 0.3) is 5.91 Å². The van der Waals surface area contributed by atoms with Gasteiger partial charge in [0.1, 0.15) is 23.2 Å². The molecule has 1 saturated carbocycles. The fourth-order valence-electron chi connectivity index (χ4n) is 6.70. The third kappa shape index (κ3) is 8.32. The summed E-state index contributed by atoms with van der Waals surface area (Å²) in [7, 11) is -2.37. The number of aromatic nitrogens is 2. The fourth-order valence-corrected chi connectivity index (χ4v) is 10.2. The van der Waals surface area contributed by atoms with Gasteiger partial charge in [-0.15, -0.1) is 0 Å². The van der Waals surface area contributed by atoms with Crippen molar-refractivity contribution in [2.45, 2.75) is 104 Å². The first-order valence-electron chi connectivity index (χ1n) is 16.3. The molecule has 0 bridgehead atoms. The van der Waals surface area contributed by atoms with E-state index in [-0.39, 0.29) is 45.9 Å². The maximum absolute atomic E-state index is 14.5. The molecular weight excluding hydrogens is 666 g/mol. The van der Waals surface area contributed by atoms with Crippen LogP contribution in [0.5, 0.6) is 0 Å². The van der Waals surface area contributed by atoms with Crippen molar-refractivity contribution in [2.75, 3.05) is 6.54 Å². The van der Waals surface area contributed by atoms with Gasteiger partial charge in [0.05, 0.1) is 40.5 Å². The molecule has 0 radical (unpaired) electrons. The van der Waals surface area contributed by atoms with Crippen LogP contribution in [0.25, 0.3) is 0 Å². The normalized spacial score (nSPS) is 19.1. The molecule has 2 aromatic carbocycles. The molecule has 3 aromatic rings. The van der Waals surface area contributed by atoms with Crippen molar-refractivity contribution < 1.29 is 27.2 Å². The first kappa shape index (κ1) is 37.2. The van der Waals surface area contributed by atoms with Gasteiger partial charge in [0.2, 0.25) is 0 Å². The molecule has 1 aliphatic rings. The highest BCUT2D eigenvalue weighted by atomic mass is 35.5. The smallest absolute Gasteiger partial charge is 0.257 e. The Hall–Kier alpha value is -2.66. The summed E-state index contributed by atoms with van der Waals surface area (Å²) in [6, 6.07) is 7.84. The third-order valence-electron chi connectivity index (χ3n) is 10.2. The molecule has 1 unspecified atom stereocenters. The first-order chi connectivity index (χ1) is 22.2. The lowest BCUT2D eigenvalue weighted by atomic mass is 9.71. The van der Waals surface area contributed by atoms with E-state index in [1.54, 1.807) is 6.92 Å². The van der Waals surface area contributed by atoms with Crippen LogP contribution < -0.4 is 0 Å². The monoisotopic (exact) mass is 709 g/mol. The van der Waals surface area contributed by atoms with Crippen LogP contribution in [0.3, 0.4) is 0 Å². The summed E-state index contributed by atoms with van der Waals surface area (Å²) in [4.78, 5) is 28.2. The molecular formula is C35H44Cl2F3N3O3Si. The Balaban J connectivity index is 1.76. The van der Waals surface area contributed by atoms with Crippen LogP contribution in [0.4, 0.5) is 13.2 Å². The van der Waals surface area contributed by atoms with E-state index in [0.717, 1.165) is 62.0 Å². The van der Waals surface area contributed by atoms with E-state index < -0.39 is 37.8 Å². The number of Topliss-reactive ketones (excluding diaryl/α,β-unsaturated/α-hetero) is 1. The first-order valence-corrected chi connectivity index (χ1v) is 19.6. The fraction of sp³-hybridized carbons (Fsp3) is 0.514. The van der Waals surface area contributed by atoms with E-state index in [2.05, 4.69) is 25.9 Å². The summed E-state index contributed by atoms with van der Waals surface area (Å²) in [6.45, 7) is 11.4. The van der Waals surface area contributed by atoms with Crippen molar-refractivity contribution in [3.63, 3.8) is 0 Å². The van der Waals surface area contributed by atoms with E-state index in [1.165, 1.54) is 23.2 Å². The highest BCUT2D eigenvalue weighted by molar-refractivity contribution is 6.73. The maximum Gasteiger partial charge on any atom is 0.257 e. The predicted molar refractivity (Wildman–Crippen MR) is 182 cm³/mol. The van der Waals surface area contributed by atoms with E-state index >= 15 is 0 Å². The number of rotatable bonds is 13. The Morgan fingerprint density at radius 1 is 1.00 bits per heavy atom. The number of carbonyl (C=O) groups excluding carboxylic acids is 2. The van der Waals surface area contributed by atoms with Crippen LogP contribution in [0.15, 0.2) is 36.5 Å². The van der Waals surface area contributed by atoms with Gasteiger partial charge in [-0.2, -0.15) is 5.10 Å². The molecule has 256 valence electrons. The summed E-state index contributed by atoms with van der Waals surface area (Å²) in [5.41, 5.74) is 1.22. The molecule has 0 N–H and O–H groups in total. The molecule has 12 heteroatoms. The van der Waals surface area contributed by atoms with E-state index in [4.69, 9.17) is 27.6 Å². The van der Waals surface area contributed by atoms with Gasteiger partial charge < -0.3 is 9.33 Å². The number of benzene rings is 2. The van der Waals surface area contributed by atoms with Gasteiger partial charge in [0.15, 0.2) is 8.32 Å². The molecule has 1 aromatic heterocycles. The van der Waals surface area contributed by atoms with Crippen molar-refractivity contribution in [3.8, 4) is 0 Å². The largest absolute Gasteiger partial charge is 0.408 e. The highest BCUT2D eigenvalue weighted by Gasteiger charge is 2.38. The van der Waals surface area contributed by atoms with Gasteiger partial charge in [-0.3, -0.25) is 14.3 Å². The average Bonchev–Trinajstić information content (AvgIpc) is 3.39. The molecule has 1 aliphatic carbocycles. The van der Waals surface area contributed by atoms with Crippen molar-refractivity contribution >= 4 is 43.2 Å². The quantitative estimate of drug-likeness (QED) is 0.166. The van der Waals surface area contributed by atoms with Gasteiger partial charge in [-0.25, -0.2) is 13.2 Å². The standard InChI is InChI=1S/C35H44Cl2F3N3O3Si/c1-7-47(8-2,9-3)46-32(33-30(36)17-27(40)18-31(33)37)21-42(20-24-14-25(38)16-26(39)15-24)34(45)29-19-41-43(22(29)4)28-10-12-35(6,13-11-28)23(5)44/h14-19,28,32H,7-13,20-21H2,1-6H3/t28-,32?,35-. The van der Waals surface area contributed by atoms with Gasteiger partial charge in [-0.05, 0) is 87.5 Å².